The van der Waals surface area contributed by atoms with Gasteiger partial charge in [-0.05, 0) is 48.3 Å². The lowest BCUT2D eigenvalue weighted by atomic mass is 9.72. The molecular formula is C27H28BrNO3S. The van der Waals surface area contributed by atoms with Crippen LogP contribution in [-0.2, 0) is 14.3 Å². The first-order chi connectivity index (χ1) is 16.0. The summed E-state index contributed by atoms with van der Waals surface area (Å²) in [6, 6.07) is 18.0. The number of allylic oxidation sites excluding steroid dienone is 3. The highest BCUT2D eigenvalue weighted by molar-refractivity contribution is 9.10. The van der Waals surface area contributed by atoms with Crippen molar-refractivity contribution in [2.24, 2.45) is 0 Å². The van der Waals surface area contributed by atoms with Gasteiger partial charge >= 0.3 is 5.97 Å². The molecule has 0 saturated carbocycles. The van der Waals surface area contributed by atoms with Gasteiger partial charge in [-0.25, -0.2) is 4.79 Å². The van der Waals surface area contributed by atoms with Crippen LogP contribution < -0.4 is 5.32 Å². The number of ether oxygens (including phenoxy) is 1. The van der Waals surface area contributed by atoms with Crippen LogP contribution in [0.5, 0.6) is 0 Å². The lowest BCUT2D eigenvalue weighted by molar-refractivity contribution is -0.138. The maximum absolute atomic E-state index is 13.6. The molecule has 0 bridgehead atoms. The van der Waals surface area contributed by atoms with Gasteiger partial charge in [-0.15, -0.1) is 0 Å². The second-order valence-electron chi connectivity index (χ2n) is 8.32. The molecule has 1 N–H and O–H groups in total. The van der Waals surface area contributed by atoms with E-state index >= 15 is 0 Å². The van der Waals surface area contributed by atoms with Crippen molar-refractivity contribution >= 4 is 39.4 Å². The quantitative estimate of drug-likeness (QED) is 0.349. The molecule has 0 unspecified atom stereocenters. The first kappa shape index (κ1) is 23.8. The van der Waals surface area contributed by atoms with Crippen LogP contribution in [0.4, 0.5) is 0 Å². The maximum Gasteiger partial charge on any atom is 0.336 e. The molecule has 2 aromatic carbocycles. The van der Waals surface area contributed by atoms with Gasteiger partial charge in [-0.2, -0.15) is 11.8 Å². The molecule has 0 radical (unpaired) electrons. The van der Waals surface area contributed by atoms with Gasteiger partial charge in [0.05, 0.1) is 5.57 Å². The van der Waals surface area contributed by atoms with Gasteiger partial charge < -0.3 is 10.1 Å². The Morgan fingerprint density at radius 1 is 1.12 bits per heavy atom. The number of carbonyl (C=O) groups excluding carboxylic acids is 2. The molecule has 2 aliphatic rings. The minimum atomic E-state index is -0.436. The topological polar surface area (TPSA) is 55.4 Å². The van der Waals surface area contributed by atoms with Gasteiger partial charge in [0.25, 0.3) is 0 Å². The monoisotopic (exact) mass is 525 g/mol. The van der Waals surface area contributed by atoms with E-state index in [0.717, 1.165) is 39.4 Å². The van der Waals surface area contributed by atoms with E-state index in [2.05, 4.69) is 40.3 Å². The zero-order valence-corrected chi connectivity index (χ0v) is 21.3. The van der Waals surface area contributed by atoms with Crippen LogP contribution in [0, 0.1) is 0 Å². The van der Waals surface area contributed by atoms with Gasteiger partial charge in [0.2, 0.25) is 0 Å². The van der Waals surface area contributed by atoms with Crippen molar-refractivity contribution in [3.05, 3.63) is 92.7 Å². The third-order valence-electron chi connectivity index (χ3n) is 6.17. The number of carbonyl (C=O) groups is 2. The number of nitrogens with one attached hydrogen (secondary N) is 1. The van der Waals surface area contributed by atoms with Crippen molar-refractivity contribution in [3.8, 4) is 0 Å². The molecule has 0 spiro atoms. The van der Waals surface area contributed by atoms with Crippen LogP contribution in [0.25, 0.3) is 0 Å². The molecule has 0 fully saturated rings. The van der Waals surface area contributed by atoms with Gasteiger partial charge in [0.1, 0.15) is 6.61 Å². The second-order valence-corrected chi connectivity index (χ2v) is 10.6. The molecular weight excluding hydrogens is 498 g/mol. The number of halogens is 1. The van der Waals surface area contributed by atoms with E-state index in [1.165, 1.54) is 5.56 Å². The van der Waals surface area contributed by atoms with E-state index in [0.29, 0.717) is 24.2 Å². The van der Waals surface area contributed by atoms with E-state index < -0.39 is 5.92 Å². The average molecular weight is 526 g/mol. The Hall–Kier alpha value is -2.31. The standard InChI is InChI=1S/C27H28BrNO3S/c1-3-33-13-12-32-27(31)24-17(2)29-22-15-20(18-8-5-4-6-9-18)16-23(30)26(22)25(24)19-10-7-11-21(28)14-19/h4-11,14,20,25,29H,3,12-13,15-16H2,1-2H3/t20-,25+/m1/s1. The molecule has 1 aliphatic heterocycles. The zero-order valence-electron chi connectivity index (χ0n) is 18.9. The molecule has 4 rings (SSSR count). The highest BCUT2D eigenvalue weighted by Crippen LogP contribution is 2.46. The normalized spacial score (nSPS) is 20.4. The fourth-order valence-corrected chi connectivity index (χ4v) is 5.61. The van der Waals surface area contributed by atoms with Crippen LogP contribution in [0.2, 0.25) is 0 Å². The van der Waals surface area contributed by atoms with Crippen molar-refractivity contribution in [1.82, 2.24) is 5.32 Å². The average Bonchev–Trinajstić information content (AvgIpc) is 2.81. The minimum absolute atomic E-state index is 0.0851. The Bertz CT molecular complexity index is 1110. The number of benzene rings is 2. The molecule has 0 saturated heterocycles. The van der Waals surface area contributed by atoms with Crippen LogP contribution in [0.3, 0.4) is 0 Å². The van der Waals surface area contributed by atoms with Crippen molar-refractivity contribution in [3.63, 3.8) is 0 Å². The number of esters is 1. The van der Waals surface area contributed by atoms with Crippen molar-refractivity contribution in [1.29, 1.82) is 0 Å². The first-order valence-electron chi connectivity index (χ1n) is 11.3. The molecule has 2 aromatic rings. The lowest BCUT2D eigenvalue weighted by Crippen LogP contribution is -2.36. The van der Waals surface area contributed by atoms with E-state index in [-0.39, 0.29) is 17.7 Å². The molecule has 6 heteroatoms. The van der Waals surface area contributed by atoms with Crippen LogP contribution in [0.1, 0.15) is 49.7 Å². The smallest absolute Gasteiger partial charge is 0.336 e. The molecule has 33 heavy (non-hydrogen) atoms. The molecule has 1 aliphatic carbocycles. The number of Topliss-reactive ketones (excluding diaryl/α,β-unsaturated/α-hetero) is 1. The fourth-order valence-electron chi connectivity index (χ4n) is 4.71. The minimum Gasteiger partial charge on any atom is -0.461 e. The summed E-state index contributed by atoms with van der Waals surface area (Å²) in [5.74, 6) is 1.16. The largest absolute Gasteiger partial charge is 0.461 e. The summed E-state index contributed by atoms with van der Waals surface area (Å²) >= 11 is 5.29. The van der Waals surface area contributed by atoms with Crippen LogP contribution >= 0.6 is 27.7 Å². The highest BCUT2D eigenvalue weighted by Gasteiger charge is 2.41. The Morgan fingerprint density at radius 2 is 1.88 bits per heavy atom. The summed E-state index contributed by atoms with van der Waals surface area (Å²) in [4.78, 5) is 26.8. The predicted molar refractivity (Wildman–Crippen MR) is 137 cm³/mol. The Balaban J connectivity index is 1.72. The van der Waals surface area contributed by atoms with E-state index in [1.807, 2.05) is 49.4 Å². The predicted octanol–water partition coefficient (Wildman–Crippen LogP) is 6.11. The lowest BCUT2D eigenvalue weighted by Gasteiger charge is -2.36. The third kappa shape index (κ3) is 5.28. The Kier molecular flexibility index (Phi) is 7.76. The zero-order chi connectivity index (χ0) is 23.4. The van der Waals surface area contributed by atoms with Crippen molar-refractivity contribution < 1.29 is 14.3 Å². The summed E-state index contributed by atoms with van der Waals surface area (Å²) in [6.45, 7) is 4.34. The molecule has 1 heterocycles. The maximum atomic E-state index is 13.6. The molecule has 0 aromatic heterocycles. The number of ketones is 1. The van der Waals surface area contributed by atoms with E-state index in [9.17, 15) is 9.59 Å². The summed E-state index contributed by atoms with van der Waals surface area (Å²) in [5, 5.41) is 3.42. The summed E-state index contributed by atoms with van der Waals surface area (Å²) in [7, 11) is 0. The van der Waals surface area contributed by atoms with Crippen molar-refractivity contribution in [2.75, 3.05) is 18.1 Å². The van der Waals surface area contributed by atoms with Crippen LogP contribution in [-0.4, -0.2) is 29.9 Å². The number of thioether (sulfide) groups is 1. The van der Waals surface area contributed by atoms with Crippen molar-refractivity contribution in [2.45, 2.75) is 38.5 Å². The van der Waals surface area contributed by atoms with Crippen LogP contribution in [0.15, 0.2) is 81.6 Å². The van der Waals surface area contributed by atoms with E-state index in [4.69, 9.17) is 4.74 Å². The molecule has 2 atom stereocenters. The van der Waals surface area contributed by atoms with Gasteiger partial charge in [0.15, 0.2) is 5.78 Å². The summed E-state index contributed by atoms with van der Waals surface area (Å²) < 4.78 is 6.55. The SMILES string of the molecule is CCSCCOC(=O)C1=C(C)NC2=C(C(=O)C[C@H](c3ccccc3)C2)[C@H]1c1cccc(Br)c1. The fraction of sp³-hybridized carbons (Fsp3) is 0.333. The van der Waals surface area contributed by atoms with Gasteiger partial charge in [-0.3, -0.25) is 4.79 Å². The Morgan fingerprint density at radius 3 is 2.61 bits per heavy atom. The molecule has 0 amide bonds. The first-order valence-corrected chi connectivity index (χ1v) is 13.2. The van der Waals surface area contributed by atoms with Gasteiger partial charge in [-0.1, -0.05) is 65.3 Å². The summed E-state index contributed by atoms with van der Waals surface area (Å²) in [5.41, 5.74) is 4.98. The van der Waals surface area contributed by atoms with E-state index in [1.54, 1.807) is 11.8 Å². The number of rotatable bonds is 7. The molecule has 172 valence electrons. The number of dihydropyridines is 1. The summed E-state index contributed by atoms with van der Waals surface area (Å²) in [6.07, 6.45) is 1.17. The van der Waals surface area contributed by atoms with Gasteiger partial charge in [0, 0.05) is 39.5 Å². The number of hydrogen-bond donors (Lipinski definition) is 1. The third-order valence-corrected chi connectivity index (χ3v) is 7.52. The number of hydrogen-bond acceptors (Lipinski definition) is 5. The Labute approximate surface area is 208 Å². The highest BCUT2D eigenvalue weighted by atomic mass is 79.9. The molecule has 4 nitrogen and oxygen atoms in total. The second kappa shape index (κ2) is 10.7.